The van der Waals surface area contributed by atoms with Gasteiger partial charge in [0.05, 0.1) is 18.1 Å². The van der Waals surface area contributed by atoms with Gasteiger partial charge in [0.2, 0.25) is 11.8 Å². The molecule has 6 heteroatoms. The maximum Gasteiger partial charge on any atom is 0.242 e. The Morgan fingerprint density at radius 1 is 1.10 bits per heavy atom. The van der Waals surface area contributed by atoms with Crippen molar-refractivity contribution in [1.82, 2.24) is 14.8 Å². The molecule has 31 heavy (non-hydrogen) atoms. The molecule has 2 saturated carbocycles. The normalized spacial score (nSPS) is 22.8. The highest BCUT2D eigenvalue weighted by Gasteiger charge is 2.53. The van der Waals surface area contributed by atoms with Crippen LogP contribution in [0.2, 0.25) is 0 Å². The van der Waals surface area contributed by atoms with Crippen LogP contribution in [-0.2, 0) is 26.3 Å². The van der Waals surface area contributed by atoms with E-state index in [-0.39, 0.29) is 24.5 Å². The van der Waals surface area contributed by atoms with Crippen molar-refractivity contribution in [3.8, 4) is 0 Å². The molecule has 1 saturated heterocycles. The first kappa shape index (κ1) is 20.2. The fourth-order valence-corrected chi connectivity index (χ4v) is 4.47. The van der Waals surface area contributed by atoms with Crippen LogP contribution in [0.4, 0.5) is 0 Å². The summed E-state index contributed by atoms with van der Waals surface area (Å²) in [5.74, 6) is 0.669. The number of ether oxygens (including phenoxy) is 1. The number of rotatable bonds is 7. The lowest BCUT2D eigenvalue weighted by Gasteiger charge is -2.28. The Kier molecular flexibility index (Phi) is 5.48. The van der Waals surface area contributed by atoms with Crippen molar-refractivity contribution in [2.75, 3.05) is 26.2 Å². The first-order chi connectivity index (χ1) is 15.1. The fraction of sp³-hybridized carbons (Fsp3) is 0.480. The number of carbonyl (C=O) groups is 2. The van der Waals surface area contributed by atoms with Gasteiger partial charge in [-0.05, 0) is 48.8 Å². The quantitative estimate of drug-likeness (QED) is 0.692. The zero-order valence-corrected chi connectivity index (χ0v) is 17.8. The molecule has 0 radical (unpaired) electrons. The first-order valence-corrected chi connectivity index (χ1v) is 11.3. The summed E-state index contributed by atoms with van der Waals surface area (Å²) < 4.78 is 6.22. The molecule has 1 aliphatic heterocycles. The third-order valence-electron chi connectivity index (χ3n) is 6.66. The SMILES string of the molecule is O=C1CN(C(=O)C2(c3ccccc3)CC2)C[C@H](OCC2CC2)CN1Cc1cccnc1. The second-order valence-electron chi connectivity index (χ2n) is 9.17. The predicted molar refractivity (Wildman–Crippen MR) is 116 cm³/mol. The van der Waals surface area contributed by atoms with E-state index >= 15 is 0 Å². The maximum atomic E-state index is 13.6. The summed E-state index contributed by atoms with van der Waals surface area (Å²) in [6, 6.07) is 13.8. The van der Waals surface area contributed by atoms with Crippen LogP contribution in [0.3, 0.4) is 0 Å². The molecule has 0 unspecified atom stereocenters. The minimum atomic E-state index is -0.471. The Balaban J connectivity index is 1.35. The highest BCUT2D eigenvalue weighted by Crippen LogP contribution is 2.49. The predicted octanol–water partition coefficient (Wildman–Crippen LogP) is 2.78. The molecule has 1 aromatic heterocycles. The van der Waals surface area contributed by atoms with Gasteiger partial charge in [-0.1, -0.05) is 36.4 Å². The van der Waals surface area contributed by atoms with Gasteiger partial charge in [-0.25, -0.2) is 0 Å². The second kappa shape index (κ2) is 8.42. The zero-order valence-electron chi connectivity index (χ0n) is 17.8. The van der Waals surface area contributed by atoms with Crippen LogP contribution in [0.15, 0.2) is 54.9 Å². The number of carbonyl (C=O) groups excluding carboxylic acids is 2. The van der Waals surface area contributed by atoms with Crippen LogP contribution in [-0.4, -0.2) is 58.9 Å². The number of aromatic nitrogens is 1. The number of pyridine rings is 1. The van der Waals surface area contributed by atoms with E-state index in [2.05, 4.69) is 4.98 Å². The van der Waals surface area contributed by atoms with Gasteiger partial charge in [-0.3, -0.25) is 14.6 Å². The van der Waals surface area contributed by atoms with E-state index in [9.17, 15) is 9.59 Å². The Morgan fingerprint density at radius 3 is 2.58 bits per heavy atom. The number of benzene rings is 1. The van der Waals surface area contributed by atoms with Gasteiger partial charge in [-0.2, -0.15) is 0 Å². The lowest BCUT2D eigenvalue weighted by molar-refractivity contribution is -0.140. The molecular formula is C25H29N3O3. The Morgan fingerprint density at radius 2 is 1.90 bits per heavy atom. The molecule has 0 N–H and O–H groups in total. The molecule has 0 spiro atoms. The molecule has 5 rings (SSSR count). The van der Waals surface area contributed by atoms with Crippen molar-refractivity contribution >= 4 is 11.8 Å². The van der Waals surface area contributed by atoms with Gasteiger partial charge in [0.1, 0.15) is 0 Å². The van der Waals surface area contributed by atoms with Gasteiger partial charge >= 0.3 is 0 Å². The van der Waals surface area contributed by atoms with E-state index in [0.717, 1.165) is 24.0 Å². The Bertz CT molecular complexity index is 926. The van der Waals surface area contributed by atoms with Gasteiger partial charge in [0, 0.05) is 38.6 Å². The second-order valence-corrected chi connectivity index (χ2v) is 9.17. The Hall–Kier alpha value is -2.73. The van der Waals surface area contributed by atoms with Crippen LogP contribution in [0, 0.1) is 5.92 Å². The third kappa shape index (κ3) is 4.49. The zero-order chi connectivity index (χ0) is 21.3. The van der Waals surface area contributed by atoms with Crippen molar-refractivity contribution in [3.05, 3.63) is 66.0 Å². The van der Waals surface area contributed by atoms with Crippen LogP contribution in [0.25, 0.3) is 0 Å². The number of hydrogen-bond donors (Lipinski definition) is 0. The van der Waals surface area contributed by atoms with Crippen molar-refractivity contribution < 1.29 is 14.3 Å². The van der Waals surface area contributed by atoms with Crippen molar-refractivity contribution in [3.63, 3.8) is 0 Å². The molecule has 0 bridgehead atoms. The molecule has 3 aliphatic rings. The number of nitrogens with zero attached hydrogens (tertiary/aromatic N) is 3. The molecule has 2 heterocycles. The van der Waals surface area contributed by atoms with E-state index in [1.54, 1.807) is 17.3 Å². The smallest absolute Gasteiger partial charge is 0.242 e. The monoisotopic (exact) mass is 419 g/mol. The van der Waals surface area contributed by atoms with E-state index in [0.29, 0.717) is 32.2 Å². The van der Waals surface area contributed by atoms with Gasteiger partial charge in [0.15, 0.2) is 0 Å². The first-order valence-electron chi connectivity index (χ1n) is 11.3. The summed E-state index contributed by atoms with van der Waals surface area (Å²) in [5.41, 5.74) is 1.57. The van der Waals surface area contributed by atoms with Crippen LogP contribution >= 0.6 is 0 Å². The summed E-state index contributed by atoms with van der Waals surface area (Å²) in [5, 5.41) is 0. The molecule has 1 atom stereocenters. The van der Waals surface area contributed by atoms with E-state index in [4.69, 9.17) is 4.74 Å². The van der Waals surface area contributed by atoms with Crippen molar-refractivity contribution in [1.29, 1.82) is 0 Å². The van der Waals surface area contributed by atoms with Crippen LogP contribution in [0.5, 0.6) is 0 Å². The number of hydrogen-bond acceptors (Lipinski definition) is 4. The van der Waals surface area contributed by atoms with Crippen molar-refractivity contribution in [2.24, 2.45) is 5.92 Å². The molecular weight excluding hydrogens is 390 g/mol. The molecule has 2 aliphatic carbocycles. The fourth-order valence-electron chi connectivity index (χ4n) is 4.47. The van der Waals surface area contributed by atoms with Crippen LogP contribution in [0.1, 0.15) is 36.8 Å². The molecule has 2 amide bonds. The molecule has 162 valence electrons. The van der Waals surface area contributed by atoms with Crippen molar-refractivity contribution in [2.45, 2.75) is 43.7 Å². The summed E-state index contributed by atoms with van der Waals surface area (Å²) in [6.45, 7) is 2.28. The highest BCUT2D eigenvalue weighted by molar-refractivity contribution is 5.94. The summed E-state index contributed by atoms with van der Waals surface area (Å²) >= 11 is 0. The molecule has 3 fully saturated rings. The van der Waals surface area contributed by atoms with E-state index < -0.39 is 5.41 Å². The standard InChI is InChI=1S/C25H29N3O3/c29-23-17-28(24(30)25(10-11-25)21-6-2-1-3-7-21)16-22(31-18-19-8-9-19)15-27(23)14-20-5-4-12-26-13-20/h1-7,12-13,19,22H,8-11,14-18H2/t22-/m1/s1. The van der Waals surface area contributed by atoms with Gasteiger partial charge < -0.3 is 14.5 Å². The van der Waals surface area contributed by atoms with Gasteiger partial charge in [-0.15, -0.1) is 0 Å². The maximum absolute atomic E-state index is 13.6. The van der Waals surface area contributed by atoms with E-state index in [1.165, 1.54) is 12.8 Å². The molecule has 2 aromatic rings. The largest absolute Gasteiger partial charge is 0.374 e. The minimum Gasteiger partial charge on any atom is -0.374 e. The summed E-state index contributed by atoms with van der Waals surface area (Å²) in [6.07, 6.45) is 7.46. The topological polar surface area (TPSA) is 62.7 Å². The lowest BCUT2D eigenvalue weighted by Crippen LogP contribution is -2.45. The Labute approximate surface area is 183 Å². The average molecular weight is 420 g/mol. The summed E-state index contributed by atoms with van der Waals surface area (Å²) in [7, 11) is 0. The lowest BCUT2D eigenvalue weighted by atomic mass is 9.94. The summed E-state index contributed by atoms with van der Waals surface area (Å²) in [4.78, 5) is 34.5. The molecule has 1 aromatic carbocycles. The van der Waals surface area contributed by atoms with Gasteiger partial charge in [0.25, 0.3) is 0 Å². The highest BCUT2D eigenvalue weighted by atomic mass is 16.5. The van der Waals surface area contributed by atoms with Crippen LogP contribution < -0.4 is 0 Å². The number of amides is 2. The minimum absolute atomic E-state index is 0.0291. The third-order valence-corrected chi connectivity index (χ3v) is 6.66. The molecule has 6 nitrogen and oxygen atoms in total. The average Bonchev–Trinajstić information content (AvgIpc) is 3.71. The van der Waals surface area contributed by atoms with E-state index in [1.807, 2.05) is 47.4 Å².